The molecule has 2 unspecified atom stereocenters. The van der Waals surface area contributed by atoms with Gasteiger partial charge in [0.2, 0.25) is 6.79 Å². The second-order valence-electron chi connectivity index (χ2n) is 5.58. The standard InChI is InChI=1S/C16H13O6P/c17-15-11-7-13-12(21-8-22-13)6-10(11)14(16(15)23(18,19)20)9-4-2-1-3-5-9/h1-7,14,16H,8H2,(H2,18,19,20). The molecule has 2 aliphatic rings. The van der Waals surface area contributed by atoms with Gasteiger partial charge in [0.15, 0.2) is 17.3 Å². The van der Waals surface area contributed by atoms with Crippen molar-refractivity contribution >= 4 is 13.4 Å². The van der Waals surface area contributed by atoms with E-state index in [1.165, 1.54) is 6.07 Å². The molecule has 0 spiro atoms. The monoisotopic (exact) mass is 332 g/mol. The van der Waals surface area contributed by atoms with Gasteiger partial charge in [0.1, 0.15) is 5.66 Å². The predicted octanol–water partition coefficient (Wildman–Crippen LogP) is 2.29. The highest BCUT2D eigenvalue weighted by Gasteiger charge is 2.50. The Labute approximate surface area is 131 Å². The molecule has 1 aliphatic carbocycles. The maximum atomic E-state index is 12.6. The molecule has 1 aliphatic heterocycles. The van der Waals surface area contributed by atoms with Crippen molar-refractivity contribution in [2.75, 3.05) is 6.79 Å². The molecular formula is C16H13O6P. The Bertz CT molecular complexity index is 841. The number of hydrogen-bond donors (Lipinski definition) is 2. The molecule has 0 saturated heterocycles. The lowest BCUT2D eigenvalue weighted by Crippen LogP contribution is -2.21. The molecule has 118 valence electrons. The first-order valence-corrected chi connectivity index (χ1v) is 8.73. The lowest BCUT2D eigenvalue weighted by Gasteiger charge is -2.20. The number of carbonyl (C=O) groups is 1. The average molecular weight is 332 g/mol. The summed E-state index contributed by atoms with van der Waals surface area (Å²) in [7, 11) is -4.63. The summed E-state index contributed by atoms with van der Waals surface area (Å²) in [4.78, 5) is 32.1. The molecule has 6 nitrogen and oxygen atoms in total. The fourth-order valence-corrected chi connectivity index (χ4v) is 4.44. The minimum absolute atomic E-state index is 0.0738. The number of fused-ring (bicyclic) bond motifs is 2. The zero-order valence-corrected chi connectivity index (χ0v) is 12.8. The molecule has 2 N–H and O–H groups in total. The van der Waals surface area contributed by atoms with E-state index in [0.717, 1.165) is 0 Å². The van der Waals surface area contributed by atoms with E-state index in [1.54, 1.807) is 30.3 Å². The Kier molecular flexibility index (Phi) is 3.10. The lowest BCUT2D eigenvalue weighted by molar-refractivity contribution is 0.0986. The van der Waals surface area contributed by atoms with Crippen molar-refractivity contribution in [3.05, 3.63) is 59.2 Å². The van der Waals surface area contributed by atoms with E-state index < -0.39 is 25.0 Å². The summed E-state index contributed by atoms with van der Waals surface area (Å²) in [6, 6.07) is 12.1. The Morgan fingerprint density at radius 1 is 1.04 bits per heavy atom. The topological polar surface area (TPSA) is 93.1 Å². The third-order valence-electron chi connectivity index (χ3n) is 4.25. The normalized spacial score (nSPS) is 22.3. The molecule has 4 rings (SSSR count). The second-order valence-corrected chi connectivity index (χ2v) is 7.31. The summed E-state index contributed by atoms with van der Waals surface area (Å²) in [5.74, 6) is -0.339. The molecule has 0 amide bonds. The van der Waals surface area contributed by atoms with E-state index in [9.17, 15) is 19.1 Å². The van der Waals surface area contributed by atoms with Crippen LogP contribution in [0.25, 0.3) is 0 Å². The van der Waals surface area contributed by atoms with Crippen LogP contribution in [0.3, 0.4) is 0 Å². The van der Waals surface area contributed by atoms with Gasteiger partial charge in [-0.3, -0.25) is 9.36 Å². The minimum atomic E-state index is -4.63. The molecule has 0 radical (unpaired) electrons. The van der Waals surface area contributed by atoms with Crippen molar-refractivity contribution in [3.63, 3.8) is 0 Å². The van der Waals surface area contributed by atoms with Crippen LogP contribution in [-0.2, 0) is 4.57 Å². The number of rotatable bonds is 2. The van der Waals surface area contributed by atoms with Crippen molar-refractivity contribution in [2.45, 2.75) is 11.6 Å². The smallest absolute Gasteiger partial charge is 0.337 e. The summed E-state index contributed by atoms with van der Waals surface area (Å²) < 4.78 is 22.6. The van der Waals surface area contributed by atoms with E-state index in [0.29, 0.717) is 22.6 Å². The molecule has 2 aromatic rings. The fraction of sp³-hybridized carbons (Fsp3) is 0.188. The highest BCUT2D eigenvalue weighted by atomic mass is 31.2. The van der Waals surface area contributed by atoms with Crippen molar-refractivity contribution in [3.8, 4) is 11.5 Å². The van der Waals surface area contributed by atoms with Crippen molar-refractivity contribution in [1.29, 1.82) is 0 Å². The van der Waals surface area contributed by atoms with Gasteiger partial charge in [-0.15, -0.1) is 0 Å². The molecule has 0 fully saturated rings. The zero-order chi connectivity index (χ0) is 16.2. The first-order valence-electron chi connectivity index (χ1n) is 7.05. The van der Waals surface area contributed by atoms with Gasteiger partial charge in [0.05, 0.1) is 0 Å². The van der Waals surface area contributed by atoms with Gasteiger partial charge in [0.25, 0.3) is 0 Å². The van der Waals surface area contributed by atoms with Gasteiger partial charge >= 0.3 is 7.60 Å². The van der Waals surface area contributed by atoms with Crippen molar-refractivity contribution < 1.29 is 28.6 Å². The van der Waals surface area contributed by atoms with Crippen LogP contribution < -0.4 is 9.47 Å². The number of Topliss-reactive ketones (excluding diaryl/α,β-unsaturated/α-hetero) is 1. The molecule has 23 heavy (non-hydrogen) atoms. The average Bonchev–Trinajstić information content (AvgIpc) is 3.08. The third kappa shape index (κ3) is 2.18. The van der Waals surface area contributed by atoms with Gasteiger partial charge < -0.3 is 19.3 Å². The Morgan fingerprint density at radius 2 is 1.70 bits per heavy atom. The number of ether oxygens (including phenoxy) is 2. The van der Waals surface area contributed by atoms with Crippen LogP contribution >= 0.6 is 7.60 Å². The van der Waals surface area contributed by atoms with Gasteiger partial charge in [-0.2, -0.15) is 0 Å². The van der Waals surface area contributed by atoms with Crippen LogP contribution in [0.2, 0.25) is 0 Å². The Hall–Kier alpha value is -2.14. The molecule has 2 atom stereocenters. The molecule has 0 bridgehead atoms. The van der Waals surface area contributed by atoms with Crippen LogP contribution in [-0.4, -0.2) is 28.0 Å². The van der Waals surface area contributed by atoms with Crippen molar-refractivity contribution in [1.82, 2.24) is 0 Å². The van der Waals surface area contributed by atoms with Crippen LogP contribution in [0.4, 0.5) is 0 Å². The quantitative estimate of drug-likeness (QED) is 0.820. The number of benzene rings is 2. The first-order chi connectivity index (χ1) is 11.0. The summed E-state index contributed by atoms with van der Waals surface area (Å²) in [6.45, 7) is 0.0738. The number of hydrogen-bond acceptors (Lipinski definition) is 4. The first kappa shape index (κ1) is 14.5. The molecule has 0 aromatic heterocycles. The molecule has 2 aromatic carbocycles. The summed E-state index contributed by atoms with van der Waals surface area (Å²) >= 11 is 0. The van der Waals surface area contributed by atoms with Gasteiger partial charge in [0, 0.05) is 11.5 Å². The van der Waals surface area contributed by atoms with Gasteiger partial charge in [-0.1, -0.05) is 30.3 Å². The summed E-state index contributed by atoms with van der Waals surface area (Å²) in [6.07, 6.45) is 0. The van der Waals surface area contributed by atoms with Gasteiger partial charge in [-0.05, 0) is 23.3 Å². The van der Waals surface area contributed by atoms with E-state index >= 15 is 0 Å². The molecule has 7 heteroatoms. The third-order valence-corrected chi connectivity index (χ3v) is 5.51. The second kappa shape index (κ2) is 4.93. The molecule has 1 heterocycles. The molecule has 0 saturated carbocycles. The van der Waals surface area contributed by atoms with E-state index in [4.69, 9.17) is 9.47 Å². The van der Waals surface area contributed by atoms with Crippen LogP contribution in [0.1, 0.15) is 27.4 Å². The Balaban J connectivity index is 1.95. The van der Waals surface area contributed by atoms with E-state index in [1.807, 2.05) is 6.07 Å². The van der Waals surface area contributed by atoms with Crippen molar-refractivity contribution in [2.24, 2.45) is 0 Å². The zero-order valence-electron chi connectivity index (χ0n) is 11.9. The SMILES string of the molecule is O=C1c2cc3c(cc2C(c2ccccc2)C1P(=O)(O)O)OCO3. The van der Waals surface area contributed by atoms with Crippen LogP contribution in [0.5, 0.6) is 11.5 Å². The van der Waals surface area contributed by atoms with Gasteiger partial charge in [-0.25, -0.2) is 0 Å². The minimum Gasteiger partial charge on any atom is -0.454 e. The van der Waals surface area contributed by atoms with Crippen LogP contribution in [0.15, 0.2) is 42.5 Å². The summed E-state index contributed by atoms with van der Waals surface area (Å²) in [5.41, 5.74) is 0.129. The lowest BCUT2D eigenvalue weighted by atomic mass is 9.92. The van der Waals surface area contributed by atoms with E-state index in [2.05, 4.69) is 0 Å². The largest absolute Gasteiger partial charge is 0.454 e. The summed E-state index contributed by atoms with van der Waals surface area (Å²) in [5, 5.41) is 0. The molecular weight excluding hydrogens is 319 g/mol. The fourth-order valence-electron chi connectivity index (χ4n) is 3.28. The van der Waals surface area contributed by atoms with Crippen LogP contribution in [0, 0.1) is 0 Å². The van der Waals surface area contributed by atoms with E-state index in [-0.39, 0.29) is 12.4 Å². The maximum absolute atomic E-state index is 12.6. The Morgan fingerprint density at radius 3 is 2.35 bits per heavy atom. The maximum Gasteiger partial charge on any atom is 0.337 e. The number of ketones is 1. The highest BCUT2D eigenvalue weighted by molar-refractivity contribution is 7.54. The highest BCUT2D eigenvalue weighted by Crippen LogP contribution is 2.57. The predicted molar refractivity (Wildman–Crippen MR) is 81.0 cm³/mol. The number of carbonyl (C=O) groups excluding carboxylic acids is 1.